The van der Waals surface area contributed by atoms with Crippen LogP contribution >= 0.6 is 0 Å². The van der Waals surface area contributed by atoms with Crippen LogP contribution in [0.5, 0.6) is 0 Å². The van der Waals surface area contributed by atoms with E-state index in [2.05, 4.69) is 38.7 Å². The fourth-order valence-corrected chi connectivity index (χ4v) is 11.2. The monoisotopic (exact) mass is 786 g/mol. The third-order valence-electron chi connectivity index (χ3n) is 14.8. The molecular formula is C49H87NO6. The molecule has 6 unspecified atom stereocenters. The standard InChI is InChI=1S/C49H87NO6/c1-5-7-9-11-13-20-37-54-47(55-38-21-14-12-10-8-6-2)24-22-35-50(34-18-19-36-51)33-17-15-16-23-46(53)56-41-29-31-48(3)40(39-41)25-26-42-43-27-28-45(52)49(43,4)32-30-44(42)48/h25,41-44,47,51H,5-24,26-39H2,1-4H3. The van der Waals surface area contributed by atoms with Crippen molar-refractivity contribution < 1.29 is 28.9 Å². The lowest BCUT2D eigenvalue weighted by Gasteiger charge is -2.56. The first-order valence-electron chi connectivity index (χ1n) is 24.2. The van der Waals surface area contributed by atoms with Gasteiger partial charge in [-0.15, -0.1) is 0 Å². The molecule has 324 valence electrons. The molecule has 3 fully saturated rings. The zero-order valence-corrected chi connectivity index (χ0v) is 36.9. The highest BCUT2D eigenvalue weighted by Gasteiger charge is 2.58. The van der Waals surface area contributed by atoms with Crippen LogP contribution in [0.2, 0.25) is 0 Å². The Morgan fingerprint density at radius 2 is 1.34 bits per heavy atom. The predicted molar refractivity (Wildman–Crippen MR) is 229 cm³/mol. The topological polar surface area (TPSA) is 85.3 Å². The highest BCUT2D eigenvalue weighted by atomic mass is 16.7. The number of nitrogens with zero attached hydrogens (tertiary/aromatic N) is 1. The first kappa shape index (κ1) is 47.4. The molecule has 1 N–H and O–H groups in total. The Morgan fingerprint density at radius 3 is 2.02 bits per heavy atom. The number of fused-ring (bicyclic) bond motifs is 5. The molecule has 0 saturated heterocycles. The van der Waals surface area contributed by atoms with Gasteiger partial charge in [0.1, 0.15) is 11.9 Å². The van der Waals surface area contributed by atoms with Crippen LogP contribution in [-0.4, -0.2) is 73.6 Å². The van der Waals surface area contributed by atoms with Crippen molar-refractivity contribution in [2.75, 3.05) is 39.5 Å². The molecule has 0 aromatic carbocycles. The van der Waals surface area contributed by atoms with E-state index in [9.17, 15) is 14.7 Å². The maximum Gasteiger partial charge on any atom is 0.306 e. The molecule has 0 bridgehead atoms. The molecule has 7 heteroatoms. The van der Waals surface area contributed by atoms with Crippen molar-refractivity contribution in [2.24, 2.45) is 28.6 Å². The Kier molecular flexibility index (Phi) is 22.0. The summed E-state index contributed by atoms with van der Waals surface area (Å²) in [6.45, 7) is 14.1. The summed E-state index contributed by atoms with van der Waals surface area (Å²) in [5.74, 6) is 2.34. The first-order chi connectivity index (χ1) is 27.2. The van der Waals surface area contributed by atoms with E-state index in [4.69, 9.17) is 14.2 Å². The number of ether oxygens (including phenoxy) is 3. The van der Waals surface area contributed by atoms with Crippen LogP contribution in [0.15, 0.2) is 11.6 Å². The normalized spacial score (nSPS) is 27.3. The molecule has 56 heavy (non-hydrogen) atoms. The van der Waals surface area contributed by atoms with Crippen LogP contribution < -0.4 is 0 Å². The number of hydrogen-bond donors (Lipinski definition) is 1. The smallest absolute Gasteiger partial charge is 0.306 e. The van der Waals surface area contributed by atoms with Gasteiger partial charge in [-0.2, -0.15) is 0 Å². The van der Waals surface area contributed by atoms with Gasteiger partial charge in [0.15, 0.2) is 6.29 Å². The van der Waals surface area contributed by atoms with E-state index < -0.39 is 0 Å². The van der Waals surface area contributed by atoms with Gasteiger partial charge in [0.2, 0.25) is 0 Å². The molecule has 7 nitrogen and oxygen atoms in total. The van der Waals surface area contributed by atoms with Gasteiger partial charge in [-0.3, -0.25) is 9.59 Å². The van der Waals surface area contributed by atoms with Gasteiger partial charge in [-0.1, -0.05) is 110 Å². The Hall–Kier alpha value is -1.28. The van der Waals surface area contributed by atoms with E-state index in [1.54, 1.807) is 0 Å². The number of carbonyl (C=O) groups is 2. The van der Waals surface area contributed by atoms with E-state index in [-0.39, 0.29) is 35.8 Å². The number of allylic oxidation sites excluding steroid dienone is 1. The average Bonchev–Trinajstić information content (AvgIpc) is 3.50. The number of ketones is 1. The Bertz CT molecular complexity index is 1120. The summed E-state index contributed by atoms with van der Waals surface area (Å²) in [6, 6.07) is 0. The number of rotatable bonds is 31. The van der Waals surface area contributed by atoms with Gasteiger partial charge < -0.3 is 24.2 Å². The number of Topliss-reactive ketones (excluding diaryl/α,β-unsaturated/α-hetero) is 1. The van der Waals surface area contributed by atoms with Crippen molar-refractivity contribution in [3.8, 4) is 0 Å². The maximum absolute atomic E-state index is 13.0. The van der Waals surface area contributed by atoms with Crippen molar-refractivity contribution in [2.45, 2.75) is 220 Å². The second kappa shape index (κ2) is 26.0. The molecule has 0 spiro atoms. The van der Waals surface area contributed by atoms with Gasteiger partial charge in [0, 0.05) is 44.5 Å². The minimum atomic E-state index is -0.113. The van der Waals surface area contributed by atoms with E-state index in [1.807, 2.05) is 0 Å². The zero-order chi connectivity index (χ0) is 40.1. The van der Waals surface area contributed by atoms with Crippen LogP contribution in [0.3, 0.4) is 0 Å². The van der Waals surface area contributed by atoms with E-state index in [0.29, 0.717) is 30.0 Å². The molecule has 3 saturated carbocycles. The predicted octanol–water partition coefficient (Wildman–Crippen LogP) is 11.9. The van der Waals surface area contributed by atoms with Crippen LogP contribution in [0, 0.1) is 28.6 Å². The van der Waals surface area contributed by atoms with E-state index in [1.165, 1.54) is 76.2 Å². The second-order valence-electron chi connectivity index (χ2n) is 19.0. The first-order valence-corrected chi connectivity index (χ1v) is 24.2. The molecule has 0 aliphatic heterocycles. The maximum atomic E-state index is 13.0. The van der Waals surface area contributed by atoms with Crippen molar-refractivity contribution in [1.29, 1.82) is 0 Å². The minimum Gasteiger partial charge on any atom is -0.462 e. The van der Waals surface area contributed by atoms with Gasteiger partial charge in [-0.05, 0) is 133 Å². The largest absolute Gasteiger partial charge is 0.462 e. The van der Waals surface area contributed by atoms with Crippen molar-refractivity contribution in [3.63, 3.8) is 0 Å². The average molecular weight is 786 g/mol. The Labute approximate surface area is 344 Å². The van der Waals surface area contributed by atoms with Crippen molar-refractivity contribution >= 4 is 11.8 Å². The Morgan fingerprint density at radius 1 is 0.750 bits per heavy atom. The molecule has 4 aliphatic carbocycles. The number of carbonyl (C=O) groups excluding carboxylic acids is 2. The van der Waals surface area contributed by atoms with Crippen molar-refractivity contribution in [1.82, 2.24) is 4.90 Å². The van der Waals surface area contributed by atoms with Gasteiger partial charge in [-0.25, -0.2) is 0 Å². The van der Waals surface area contributed by atoms with E-state index in [0.717, 1.165) is 136 Å². The highest BCUT2D eigenvalue weighted by molar-refractivity contribution is 5.87. The van der Waals surface area contributed by atoms with Crippen LogP contribution in [0.1, 0.15) is 207 Å². The minimum absolute atomic E-state index is 0.00989. The number of esters is 1. The summed E-state index contributed by atoms with van der Waals surface area (Å²) < 4.78 is 18.7. The van der Waals surface area contributed by atoms with Gasteiger partial charge in [0.05, 0.1) is 0 Å². The fraction of sp³-hybridized carbons (Fsp3) is 0.918. The van der Waals surface area contributed by atoms with E-state index >= 15 is 0 Å². The molecule has 0 amide bonds. The molecule has 0 heterocycles. The number of hydrogen-bond acceptors (Lipinski definition) is 7. The van der Waals surface area contributed by atoms with Gasteiger partial charge in [0.25, 0.3) is 0 Å². The lowest BCUT2D eigenvalue weighted by Crippen LogP contribution is -2.50. The quantitative estimate of drug-likeness (QED) is 0.0324. The van der Waals surface area contributed by atoms with Gasteiger partial charge >= 0.3 is 5.97 Å². The lowest BCUT2D eigenvalue weighted by molar-refractivity contribution is -0.151. The fourth-order valence-electron chi connectivity index (χ4n) is 11.2. The van der Waals surface area contributed by atoms with Crippen LogP contribution in [-0.2, 0) is 23.8 Å². The lowest BCUT2D eigenvalue weighted by atomic mass is 9.48. The summed E-state index contributed by atoms with van der Waals surface area (Å²) in [5.41, 5.74) is 1.64. The molecule has 6 atom stereocenters. The molecule has 4 rings (SSSR count). The summed E-state index contributed by atoms with van der Waals surface area (Å²) in [6.07, 6.45) is 33.0. The summed E-state index contributed by atoms with van der Waals surface area (Å²) >= 11 is 0. The molecule has 0 aromatic rings. The Balaban J connectivity index is 1.13. The molecular weight excluding hydrogens is 699 g/mol. The third-order valence-corrected chi connectivity index (χ3v) is 14.8. The second-order valence-corrected chi connectivity index (χ2v) is 19.0. The number of unbranched alkanes of at least 4 members (excludes halogenated alkanes) is 13. The zero-order valence-electron chi connectivity index (χ0n) is 36.9. The van der Waals surface area contributed by atoms with Crippen LogP contribution in [0.25, 0.3) is 0 Å². The number of aliphatic hydroxyl groups excluding tert-OH is 1. The SMILES string of the molecule is CCCCCCCCOC(CCCN(CCCCO)CCCCCC(=O)OC1CCC2(C)C(=CCC3C4CCC(=O)C4(C)CCC32)C1)OCCCCCCCC. The molecule has 0 radical (unpaired) electrons. The highest BCUT2D eigenvalue weighted by Crippen LogP contribution is 2.64. The number of aliphatic hydroxyl groups is 1. The summed E-state index contributed by atoms with van der Waals surface area (Å²) in [7, 11) is 0. The van der Waals surface area contributed by atoms with Crippen LogP contribution in [0.4, 0.5) is 0 Å². The van der Waals surface area contributed by atoms with Crippen molar-refractivity contribution in [3.05, 3.63) is 11.6 Å². The summed E-state index contributed by atoms with van der Waals surface area (Å²) in [5, 5.41) is 9.42. The molecule has 4 aliphatic rings. The third kappa shape index (κ3) is 14.8. The summed E-state index contributed by atoms with van der Waals surface area (Å²) in [4.78, 5) is 28.4. The molecule has 0 aromatic heterocycles.